The fraction of sp³-hybridized carbons (Fsp3) is 0.562. The number of carbonyl (C=O) groups is 1. The van der Waals surface area contributed by atoms with Gasteiger partial charge < -0.3 is 16.4 Å². The predicted octanol–water partition coefficient (Wildman–Crippen LogP) is 2.38. The molecule has 2 atom stereocenters. The average Bonchev–Trinajstić information content (AvgIpc) is 2.46. The Balaban J connectivity index is 1.84. The largest absolute Gasteiger partial charge is 0.399 e. The summed E-state index contributed by atoms with van der Waals surface area (Å²) in [7, 11) is 0. The van der Waals surface area contributed by atoms with Gasteiger partial charge in [-0.1, -0.05) is 19.3 Å². The molecule has 4 N–H and O–H groups in total. The van der Waals surface area contributed by atoms with Gasteiger partial charge in [0.25, 0.3) is 5.91 Å². The Hall–Kier alpha value is -1.71. The quantitative estimate of drug-likeness (QED) is 0.813. The molecule has 108 valence electrons. The van der Waals surface area contributed by atoms with Crippen LogP contribution in [0.15, 0.2) is 18.2 Å². The number of carbonyl (C=O) groups excluding carboxylic acids is 1. The monoisotopic (exact) mass is 273 g/mol. The number of primary amides is 1. The predicted molar refractivity (Wildman–Crippen MR) is 81.7 cm³/mol. The third-order valence-corrected chi connectivity index (χ3v) is 4.92. The van der Waals surface area contributed by atoms with E-state index in [1.165, 1.54) is 32.1 Å². The molecular formula is C16H23N3O. The lowest BCUT2D eigenvalue weighted by Crippen LogP contribution is -2.42. The maximum atomic E-state index is 11.6. The molecule has 1 saturated heterocycles. The number of nitrogens with zero attached hydrogens (tertiary/aromatic N) is 1. The third-order valence-electron chi connectivity index (χ3n) is 4.92. The van der Waals surface area contributed by atoms with E-state index in [0.29, 0.717) is 11.3 Å². The van der Waals surface area contributed by atoms with Crippen molar-refractivity contribution in [1.82, 2.24) is 0 Å². The Morgan fingerprint density at radius 2 is 1.90 bits per heavy atom. The summed E-state index contributed by atoms with van der Waals surface area (Å²) < 4.78 is 0. The molecule has 3 rings (SSSR count). The van der Waals surface area contributed by atoms with Crippen LogP contribution in [0.2, 0.25) is 0 Å². The Labute approximate surface area is 120 Å². The minimum Gasteiger partial charge on any atom is -0.399 e. The summed E-state index contributed by atoms with van der Waals surface area (Å²) in [4.78, 5) is 14.0. The van der Waals surface area contributed by atoms with Crippen LogP contribution in [0.25, 0.3) is 0 Å². The maximum Gasteiger partial charge on any atom is 0.250 e. The van der Waals surface area contributed by atoms with Crippen molar-refractivity contribution >= 4 is 17.3 Å². The van der Waals surface area contributed by atoms with Gasteiger partial charge in [-0.2, -0.15) is 0 Å². The lowest BCUT2D eigenvalue weighted by molar-refractivity contribution is 0.100. The van der Waals surface area contributed by atoms with Crippen LogP contribution in [-0.4, -0.2) is 19.0 Å². The summed E-state index contributed by atoms with van der Waals surface area (Å²) in [5, 5.41) is 0. The molecule has 1 aromatic rings. The normalized spacial score (nSPS) is 26.1. The molecule has 4 nitrogen and oxygen atoms in total. The van der Waals surface area contributed by atoms with Crippen LogP contribution in [0.1, 0.15) is 42.5 Å². The van der Waals surface area contributed by atoms with Crippen LogP contribution in [0, 0.1) is 11.8 Å². The van der Waals surface area contributed by atoms with Crippen molar-refractivity contribution in [2.24, 2.45) is 17.6 Å². The molecule has 1 aromatic carbocycles. The summed E-state index contributed by atoms with van der Waals surface area (Å²) >= 11 is 0. The highest BCUT2D eigenvalue weighted by Gasteiger charge is 2.32. The Bertz CT molecular complexity index is 514. The van der Waals surface area contributed by atoms with E-state index in [2.05, 4.69) is 4.90 Å². The Morgan fingerprint density at radius 3 is 2.65 bits per heavy atom. The number of amides is 1. The van der Waals surface area contributed by atoms with E-state index in [1.54, 1.807) is 6.07 Å². The summed E-state index contributed by atoms with van der Waals surface area (Å²) in [6, 6.07) is 5.50. The summed E-state index contributed by atoms with van der Waals surface area (Å²) in [6.07, 6.45) is 6.66. The first-order chi connectivity index (χ1) is 9.65. The van der Waals surface area contributed by atoms with Gasteiger partial charge in [0.1, 0.15) is 0 Å². The van der Waals surface area contributed by atoms with E-state index in [-0.39, 0.29) is 0 Å². The lowest BCUT2D eigenvalue weighted by Gasteiger charge is -2.42. The summed E-state index contributed by atoms with van der Waals surface area (Å²) in [6.45, 7) is 2.07. The van der Waals surface area contributed by atoms with Crippen LogP contribution in [-0.2, 0) is 0 Å². The van der Waals surface area contributed by atoms with E-state index in [9.17, 15) is 4.79 Å². The Kier molecular flexibility index (Phi) is 3.55. The second kappa shape index (κ2) is 5.35. The van der Waals surface area contributed by atoms with E-state index >= 15 is 0 Å². The average molecular weight is 273 g/mol. The first-order valence-corrected chi connectivity index (χ1v) is 7.59. The van der Waals surface area contributed by atoms with Crippen molar-refractivity contribution in [3.8, 4) is 0 Å². The number of rotatable bonds is 2. The molecule has 0 spiro atoms. The summed E-state index contributed by atoms with van der Waals surface area (Å²) in [5.74, 6) is 1.26. The molecule has 2 aliphatic rings. The van der Waals surface area contributed by atoms with Crippen LogP contribution < -0.4 is 16.4 Å². The van der Waals surface area contributed by atoms with Gasteiger partial charge >= 0.3 is 0 Å². The number of anilines is 2. The van der Waals surface area contributed by atoms with Gasteiger partial charge in [-0.15, -0.1) is 0 Å². The molecule has 2 unspecified atom stereocenters. The molecule has 0 aromatic heterocycles. The van der Waals surface area contributed by atoms with E-state index in [1.807, 2.05) is 12.1 Å². The Morgan fingerprint density at radius 1 is 1.15 bits per heavy atom. The van der Waals surface area contributed by atoms with Gasteiger partial charge in [-0.25, -0.2) is 0 Å². The SMILES string of the molecule is NC(=O)c1cc(N)ccc1N1CCC2CCCCC2C1. The number of benzene rings is 1. The highest BCUT2D eigenvalue weighted by Crippen LogP contribution is 2.38. The van der Waals surface area contributed by atoms with Crippen molar-refractivity contribution in [2.45, 2.75) is 32.1 Å². The molecule has 1 aliphatic carbocycles. The molecule has 4 heteroatoms. The molecule has 1 heterocycles. The van der Waals surface area contributed by atoms with Crippen LogP contribution in [0.3, 0.4) is 0 Å². The number of hydrogen-bond donors (Lipinski definition) is 2. The van der Waals surface area contributed by atoms with Crippen molar-refractivity contribution in [2.75, 3.05) is 23.7 Å². The van der Waals surface area contributed by atoms with Gasteiger partial charge in [-0.05, 0) is 42.9 Å². The molecule has 2 fully saturated rings. The van der Waals surface area contributed by atoms with Gasteiger partial charge in [0.05, 0.1) is 5.56 Å². The highest BCUT2D eigenvalue weighted by atomic mass is 16.1. The highest BCUT2D eigenvalue weighted by molar-refractivity contribution is 5.99. The molecular weight excluding hydrogens is 250 g/mol. The minimum atomic E-state index is -0.391. The van der Waals surface area contributed by atoms with Gasteiger partial charge in [0, 0.05) is 24.5 Å². The maximum absolute atomic E-state index is 11.6. The topological polar surface area (TPSA) is 72.3 Å². The fourth-order valence-electron chi connectivity index (χ4n) is 3.85. The standard InChI is InChI=1S/C16H23N3O/c17-13-5-6-15(14(9-13)16(18)20)19-8-7-11-3-1-2-4-12(11)10-19/h5-6,9,11-12H,1-4,7-8,10,17H2,(H2,18,20). The van der Waals surface area contributed by atoms with E-state index in [4.69, 9.17) is 11.5 Å². The van der Waals surface area contributed by atoms with E-state index < -0.39 is 5.91 Å². The first-order valence-electron chi connectivity index (χ1n) is 7.59. The number of nitrogens with two attached hydrogens (primary N) is 2. The molecule has 1 aliphatic heterocycles. The van der Waals surface area contributed by atoms with Gasteiger partial charge in [0.15, 0.2) is 0 Å². The molecule has 0 bridgehead atoms. The minimum absolute atomic E-state index is 0.391. The number of piperidine rings is 1. The van der Waals surface area contributed by atoms with Crippen LogP contribution in [0.4, 0.5) is 11.4 Å². The molecule has 1 saturated carbocycles. The number of fused-ring (bicyclic) bond motifs is 1. The van der Waals surface area contributed by atoms with Crippen LogP contribution >= 0.6 is 0 Å². The van der Waals surface area contributed by atoms with Crippen molar-refractivity contribution in [1.29, 1.82) is 0 Å². The zero-order valence-corrected chi connectivity index (χ0v) is 11.8. The zero-order valence-electron chi connectivity index (χ0n) is 11.8. The second-order valence-corrected chi connectivity index (χ2v) is 6.18. The van der Waals surface area contributed by atoms with Crippen molar-refractivity contribution in [3.63, 3.8) is 0 Å². The second-order valence-electron chi connectivity index (χ2n) is 6.18. The number of hydrogen-bond acceptors (Lipinski definition) is 3. The molecule has 20 heavy (non-hydrogen) atoms. The zero-order chi connectivity index (χ0) is 14.1. The van der Waals surface area contributed by atoms with Crippen LogP contribution in [0.5, 0.6) is 0 Å². The smallest absolute Gasteiger partial charge is 0.250 e. The van der Waals surface area contributed by atoms with Crippen molar-refractivity contribution < 1.29 is 4.79 Å². The van der Waals surface area contributed by atoms with E-state index in [0.717, 1.165) is 30.6 Å². The number of nitrogen functional groups attached to an aromatic ring is 1. The molecule has 1 amide bonds. The third kappa shape index (κ3) is 2.47. The fourth-order valence-corrected chi connectivity index (χ4v) is 3.85. The van der Waals surface area contributed by atoms with Crippen molar-refractivity contribution in [3.05, 3.63) is 23.8 Å². The molecule has 0 radical (unpaired) electrons. The van der Waals surface area contributed by atoms with Gasteiger partial charge in [0.2, 0.25) is 0 Å². The first kappa shape index (κ1) is 13.3. The summed E-state index contributed by atoms with van der Waals surface area (Å²) in [5.41, 5.74) is 13.4. The van der Waals surface area contributed by atoms with Gasteiger partial charge in [-0.3, -0.25) is 4.79 Å². The lowest BCUT2D eigenvalue weighted by atomic mass is 9.75.